The highest BCUT2D eigenvalue weighted by Gasteiger charge is 2.16. The van der Waals surface area contributed by atoms with Crippen LogP contribution in [-0.4, -0.2) is 23.9 Å². The molecule has 2 rings (SSSR count). The lowest BCUT2D eigenvalue weighted by Gasteiger charge is -2.10. The Morgan fingerprint density at radius 2 is 2.04 bits per heavy atom. The molecule has 0 spiro atoms. The summed E-state index contributed by atoms with van der Waals surface area (Å²) in [6.07, 6.45) is 2.43. The van der Waals surface area contributed by atoms with Gasteiger partial charge in [-0.2, -0.15) is 0 Å². The number of rotatable bonds is 5. The number of methoxy groups -OCH3 is 1. The van der Waals surface area contributed by atoms with Crippen molar-refractivity contribution in [3.8, 4) is 0 Å². The molecule has 0 radical (unpaired) electrons. The number of nitrogens with zero attached hydrogens (tertiary/aromatic N) is 1. The molecule has 24 heavy (non-hydrogen) atoms. The molecule has 1 N–H and O–H groups in total. The molecule has 0 saturated heterocycles. The van der Waals surface area contributed by atoms with Gasteiger partial charge in [0.25, 0.3) is 0 Å². The van der Waals surface area contributed by atoms with Crippen molar-refractivity contribution in [1.82, 2.24) is 0 Å². The summed E-state index contributed by atoms with van der Waals surface area (Å²) >= 11 is 0. The van der Waals surface area contributed by atoms with Crippen LogP contribution in [0.3, 0.4) is 0 Å². The molecule has 0 aliphatic heterocycles. The van der Waals surface area contributed by atoms with E-state index in [1.165, 1.54) is 25.3 Å². The highest BCUT2D eigenvalue weighted by Crippen LogP contribution is 2.21. The highest BCUT2D eigenvalue weighted by atomic mass is 16.6. The molecule has 1 amide bonds. The Balaban J connectivity index is 2.15. The van der Waals surface area contributed by atoms with Gasteiger partial charge in [-0.05, 0) is 30.7 Å². The molecule has 0 atom stereocenters. The number of ether oxygens (including phenoxy) is 1. The fraction of sp³-hybridized carbons (Fsp3) is 0.125. The quantitative estimate of drug-likeness (QED) is 0.390. The molecule has 0 aliphatic carbocycles. The molecule has 0 saturated carbocycles. The number of carbonyl (C=O) groups excluding carboxylic acids is 2. The second-order valence-corrected chi connectivity index (χ2v) is 4.74. The van der Waals surface area contributed by atoms with Crippen LogP contribution >= 0.6 is 0 Å². The number of hydrogen-bond donors (Lipinski definition) is 1. The van der Waals surface area contributed by atoms with E-state index in [1.807, 2.05) is 0 Å². The van der Waals surface area contributed by atoms with Crippen LogP contribution in [0.5, 0.6) is 0 Å². The number of nitro groups is 1. The maximum atomic E-state index is 12.0. The molecule has 8 nitrogen and oxygen atoms in total. The van der Waals surface area contributed by atoms with Crippen molar-refractivity contribution in [2.45, 2.75) is 6.92 Å². The molecule has 8 heteroatoms. The molecule has 1 aromatic heterocycles. The van der Waals surface area contributed by atoms with Gasteiger partial charge in [-0.1, -0.05) is 12.1 Å². The van der Waals surface area contributed by atoms with Gasteiger partial charge in [-0.25, -0.2) is 4.79 Å². The summed E-state index contributed by atoms with van der Waals surface area (Å²) in [5.74, 6) is -1.34. The van der Waals surface area contributed by atoms with Crippen molar-refractivity contribution in [3.63, 3.8) is 0 Å². The first kappa shape index (κ1) is 16.9. The molecule has 0 fully saturated rings. The van der Waals surface area contributed by atoms with Gasteiger partial charge < -0.3 is 14.5 Å². The van der Waals surface area contributed by atoms with E-state index >= 15 is 0 Å². The van der Waals surface area contributed by atoms with Crippen LogP contribution < -0.4 is 5.32 Å². The molecular weight excluding hydrogens is 316 g/mol. The van der Waals surface area contributed by atoms with E-state index in [0.717, 1.165) is 6.08 Å². The molecule has 1 heterocycles. The largest absolute Gasteiger partial charge is 0.465 e. The number of hydrogen-bond acceptors (Lipinski definition) is 6. The first-order valence-corrected chi connectivity index (χ1v) is 6.83. The fourth-order valence-corrected chi connectivity index (χ4v) is 2.01. The predicted octanol–water partition coefficient (Wildman–Crippen LogP) is 2.93. The van der Waals surface area contributed by atoms with Crippen molar-refractivity contribution in [2.75, 3.05) is 12.4 Å². The number of amides is 1. The minimum atomic E-state index is -0.674. The number of furan rings is 1. The van der Waals surface area contributed by atoms with E-state index in [0.29, 0.717) is 11.3 Å². The SMILES string of the molecule is COC(=O)c1c(C)cccc1NC(=O)C=Cc1ccc([N+](=O)[O-])o1. The van der Waals surface area contributed by atoms with Crippen molar-refractivity contribution in [3.05, 3.63) is 63.4 Å². The van der Waals surface area contributed by atoms with Gasteiger partial charge in [0.2, 0.25) is 5.91 Å². The molecule has 1 aromatic carbocycles. The lowest BCUT2D eigenvalue weighted by atomic mass is 10.1. The number of benzene rings is 1. The normalized spacial score (nSPS) is 10.6. The van der Waals surface area contributed by atoms with E-state index in [9.17, 15) is 19.7 Å². The number of anilines is 1. The Labute approximate surface area is 136 Å². The maximum absolute atomic E-state index is 12.0. The topological polar surface area (TPSA) is 112 Å². The number of carbonyl (C=O) groups is 2. The van der Waals surface area contributed by atoms with E-state index in [2.05, 4.69) is 5.32 Å². The van der Waals surface area contributed by atoms with E-state index in [1.54, 1.807) is 25.1 Å². The Morgan fingerprint density at radius 1 is 1.29 bits per heavy atom. The number of aryl methyl sites for hydroxylation is 1. The standard InChI is InChI=1S/C16H14N2O6/c1-10-4-3-5-12(15(10)16(20)23-2)17-13(19)8-6-11-7-9-14(24-11)18(21)22/h3-9H,1-2H3,(H,17,19). The molecule has 2 aromatic rings. The minimum Gasteiger partial charge on any atom is -0.465 e. The van der Waals surface area contributed by atoms with Gasteiger partial charge in [-0.15, -0.1) is 0 Å². The first-order chi connectivity index (χ1) is 11.4. The van der Waals surface area contributed by atoms with E-state index < -0.39 is 22.7 Å². The molecule has 0 unspecified atom stereocenters. The molecular formula is C16H14N2O6. The Hall–Kier alpha value is -3.42. The van der Waals surface area contributed by atoms with Crippen molar-refractivity contribution in [1.29, 1.82) is 0 Å². The van der Waals surface area contributed by atoms with E-state index in [-0.39, 0.29) is 11.3 Å². The number of esters is 1. The van der Waals surface area contributed by atoms with Gasteiger partial charge >= 0.3 is 11.9 Å². The zero-order chi connectivity index (χ0) is 17.7. The van der Waals surface area contributed by atoms with Crippen LogP contribution in [-0.2, 0) is 9.53 Å². The highest BCUT2D eigenvalue weighted by molar-refractivity contribution is 6.06. The van der Waals surface area contributed by atoms with Gasteiger partial charge in [0.1, 0.15) is 10.7 Å². The third-order valence-electron chi connectivity index (χ3n) is 3.11. The number of nitrogens with one attached hydrogen (secondary N) is 1. The van der Waals surface area contributed by atoms with Crippen LogP contribution in [0, 0.1) is 17.0 Å². The Kier molecular flexibility index (Phi) is 5.10. The zero-order valence-electron chi connectivity index (χ0n) is 12.9. The van der Waals surface area contributed by atoms with Crippen LogP contribution in [0.15, 0.2) is 40.8 Å². The summed E-state index contributed by atoms with van der Waals surface area (Å²) in [7, 11) is 1.25. The van der Waals surface area contributed by atoms with Gasteiger partial charge in [0.15, 0.2) is 0 Å². The van der Waals surface area contributed by atoms with Crippen molar-refractivity contribution in [2.24, 2.45) is 0 Å². The smallest absolute Gasteiger partial charge is 0.433 e. The Morgan fingerprint density at radius 3 is 2.67 bits per heavy atom. The van der Waals surface area contributed by atoms with Crippen molar-refractivity contribution < 1.29 is 23.7 Å². The summed E-state index contributed by atoms with van der Waals surface area (Å²) in [4.78, 5) is 33.6. The summed E-state index contributed by atoms with van der Waals surface area (Å²) in [5, 5.41) is 13.1. The lowest BCUT2D eigenvalue weighted by molar-refractivity contribution is -0.402. The van der Waals surface area contributed by atoms with Crippen LogP contribution in [0.1, 0.15) is 21.7 Å². The zero-order valence-corrected chi connectivity index (χ0v) is 12.9. The van der Waals surface area contributed by atoms with Crippen LogP contribution in [0.25, 0.3) is 6.08 Å². The monoisotopic (exact) mass is 330 g/mol. The fourth-order valence-electron chi connectivity index (χ4n) is 2.01. The van der Waals surface area contributed by atoms with Crippen LogP contribution in [0.2, 0.25) is 0 Å². The summed E-state index contributed by atoms with van der Waals surface area (Å²) < 4.78 is 9.61. The lowest BCUT2D eigenvalue weighted by Crippen LogP contribution is -2.14. The maximum Gasteiger partial charge on any atom is 0.433 e. The molecule has 0 bridgehead atoms. The summed E-state index contributed by atoms with van der Waals surface area (Å²) in [5.41, 5.74) is 1.22. The molecule has 124 valence electrons. The third-order valence-corrected chi connectivity index (χ3v) is 3.11. The summed E-state index contributed by atoms with van der Waals surface area (Å²) in [6, 6.07) is 7.54. The third kappa shape index (κ3) is 3.86. The van der Waals surface area contributed by atoms with Gasteiger partial charge in [0, 0.05) is 6.08 Å². The summed E-state index contributed by atoms with van der Waals surface area (Å²) in [6.45, 7) is 1.72. The van der Waals surface area contributed by atoms with Gasteiger partial charge in [0.05, 0.1) is 24.4 Å². The van der Waals surface area contributed by atoms with E-state index in [4.69, 9.17) is 9.15 Å². The van der Waals surface area contributed by atoms with Gasteiger partial charge in [-0.3, -0.25) is 14.9 Å². The second kappa shape index (κ2) is 7.23. The minimum absolute atomic E-state index is 0.161. The molecule has 0 aliphatic rings. The predicted molar refractivity (Wildman–Crippen MR) is 85.5 cm³/mol. The average Bonchev–Trinajstić information content (AvgIpc) is 3.02. The average molecular weight is 330 g/mol. The second-order valence-electron chi connectivity index (χ2n) is 4.74. The van der Waals surface area contributed by atoms with Crippen LogP contribution in [0.4, 0.5) is 11.6 Å². The Bertz CT molecular complexity index is 822. The van der Waals surface area contributed by atoms with Crippen molar-refractivity contribution >= 4 is 29.5 Å². The first-order valence-electron chi connectivity index (χ1n) is 6.83.